The fraction of sp³-hybridized carbons (Fsp3) is 0.296. The largest absolute Gasteiger partial charge is 0.359 e. The molecular formula is C27H32N4O2. The van der Waals surface area contributed by atoms with Gasteiger partial charge in [-0.15, -0.1) is 0 Å². The fourth-order valence-electron chi connectivity index (χ4n) is 3.66. The van der Waals surface area contributed by atoms with Crippen LogP contribution in [0.2, 0.25) is 0 Å². The predicted octanol–water partition coefficient (Wildman–Crippen LogP) is 5.32. The van der Waals surface area contributed by atoms with Crippen LogP contribution < -0.4 is 10.2 Å². The molecule has 0 aliphatic carbocycles. The molecule has 0 aliphatic rings. The van der Waals surface area contributed by atoms with Crippen LogP contribution in [0.15, 0.2) is 79.0 Å². The van der Waals surface area contributed by atoms with E-state index >= 15 is 0 Å². The van der Waals surface area contributed by atoms with Crippen molar-refractivity contribution in [2.75, 3.05) is 25.5 Å². The van der Waals surface area contributed by atoms with E-state index < -0.39 is 0 Å². The first-order valence-corrected chi connectivity index (χ1v) is 11.4. The summed E-state index contributed by atoms with van der Waals surface area (Å²) in [7, 11) is 3.50. The molecule has 0 aliphatic heterocycles. The van der Waals surface area contributed by atoms with Crippen molar-refractivity contribution in [1.82, 2.24) is 15.2 Å². The highest BCUT2D eigenvalue weighted by Gasteiger charge is 2.15. The quantitative estimate of drug-likeness (QED) is 0.407. The average Bonchev–Trinajstić information content (AvgIpc) is 2.87. The molecule has 1 N–H and O–H groups in total. The summed E-state index contributed by atoms with van der Waals surface area (Å²) in [6, 6.07) is 23.5. The number of unbranched alkanes of at least 4 members (excludes halogenated alkanes) is 3. The van der Waals surface area contributed by atoms with Crippen molar-refractivity contribution < 1.29 is 9.59 Å². The molecule has 0 fully saturated rings. The van der Waals surface area contributed by atoms with Gasteiger partial charge >= 0.3 is 0 Å². The lowest BCUT2D eigenvalue weighted by molar-refractivity contribution is -0.120. The van der Waals surface area contributed by atoms with Gasteiger partial charge in [-0.2, -0.15) is 0 Å². The van der Waals surface area contributed by atoms with Crippen molar-refractivity contribution in [3.63, 3.8) is 0 Å². The molecule has 0 bridgehead atoms. The second kappa shape index (κ2) is 12.4. The van der Waals surface area contributed by atoms with E-state index in [0.29, 0.717) is 18.5 Å². The summed E-state index contributed by atoms with van der Waals surface area (Å²) in [5.41, 5.74) is 2.61. The average molecular weight is 445 g/mol. The Morgan fingerprint density at radius 1 is 0.818 bits per heavy atom. The molecule has 0 radical (unpaired) electrons. The van der Waals surface area contributed by atoms with E-state index in [2.05, 4.69) is 15.2 Å². The number of hydrogen-bond acceptors (Lipinski definition) is 4. The molecule has 1 aromatic heterocycles. The van der Waals surface area contributed by atoms with Gasteiger partial charge in [0.2, 0.25) is 5.91 Å². The summed E-state index contributed by atoms with van der Waals surface area (Å²) < 4.78 is 0. The lowest BCUT2D eigenvalue weighted by atomic mass is 10.1. The molecule has 3 aromatic rings. The molecule has 3 rings (SSSR count). The van der Waals surface area contributed by atoms with Crippen LogP contribution in [0.5, 0.6) is 0 Å². The zero-order chi connectivity index (χ0) is 23.5. The maximum atomic E-state index is 12.9. The highest BCUT2D eigenvalue weighted by Crippen LogP contribution is 2.32. The summed E-state index contributed by atoms with van der Waals surface area (Å²) in [5.74, 6) is 0.909. The third kappa shape index (κ3) is 6.91. The van der Waals surface area contributed by atoms with Gasteiger partial charge < -0.3 is 10.2 Å². The van der Waals surface area contributed by atoms with Crippen molar-refractivity contribution in [3.05, 3.63) is 84.6 Å². The Morgan fingerprint density at radius 3 is 2.15 bits per heavy atom. The van der Waals surface area contributed by atoms with E-state index in [0.717, 1.165) is 42.9 Å². The number of nitrogens with one attached hydrogen (secondary N) is 1. The molecule has 0 atom stereocenters. The SMILES string of the molecule is CNC(=O)CCCCCCN(C)C(=O)c1ccc(N(c2ccccc2)c2ccccn2)cc1. The van der Waals surface area contributed by atoms with Crippen LogP contribution in [0.1, 0.15) is 42.5 Å². The number of anilines is 3. The summed E-state index contributed by atoms with van der Waals surface area (Å²) in [6.07, 6.45) is 6.14. The first-order chi connectivity index (χ1) is 16.1. The first kappa shape index (κ1) is 24.0. The molecule has 0 spiro atoms. The van der Waals surface area contributed by atoms with Gasteiger partial charge in [0.25, 0.3) is 5.91 Å². The van der Waals surface area contributed by atoms with Crippen LogP contribution in [-0.4, -0.2) is 42.3 Å². The second-order valence-corrected chi connectivity index (χ2v) is 7.97. The maximum Gasteiger partial charge on any atom is 0.253 e. The Morgan fingerprint density at radius 2 is 1.48 bits per heavy atom. The van der Waals surface area contributed by atoms with E-state index in [1.807, 2.05) is 79.8 Å². The molecule has 33 heavy (non-hydrogen) atoms. The van der Waals surface area contributed by atoms with E-state index in [4.69, 9.17) is 0 Å². The normalized spacial score (nSPS) is 10.5. The smallest absolute Gasteiger partial charge is 0.253 e. The standard InChI is InChI=1S/C27H32N4O2/c1-28-26(32)15-8-3-4-11-21-30(2)27(33)22-16-18-24(19-17-22)31(23-12-6-5-7-13-23)25-14-9-10-20-29-25/h5-7,9-10,12-14,16-20H,3-4,8,11,15,21H2,1-2H3,(H,28,32). The van der Waals surface area contributed by atoms with Gasteiger partial charge in [0.05, 0.1) is 0 Å². The minimum atomic E-state index is 0.0102. The van der Waals surface area contributed by atoms with Gasteiger partial charge in [-0.05, 0) is 61.4 Å². The van der Waals surface area contributed by atoms with Crippen LogP contribution in [0.4, 0.5) is 17.2 Å². The van der Waals surface area contributed by atoms with Crippen LogP contribution in [0.3, 0.4) is 0 Å². The molecule has 2 amide bonds. The van der Waals surface area contributed by atoms with E-state index in [1.54, 1.807) is 18.1 Å². The second-order valence-electron chi connectivity index (χ2n) is 7.97. The van der Waals surface area contributed by atoms with Crippen LogP contribution in [-0.2, 0) is 4.79 Å². The molecule has 2 aromatic carbocycles. The van der Waals surface area contributed by atoms with Crippen molar-refractivity contribution in [2.45, 2.75) is 32.1 Å². The van der Waals surface area contributed by atoms with Crippen molar-refractivity contribution in [2.24, 2.45) is 0 Å². The molecule has 0 saturated heterocycles. The topological polar surface area (TPSA) is 65.5 Å². The molecule has 172 valence electrons. The Hall–Kier alpha value is -3.67. The molecule has 6 nitrogen and oxygen atoms in total. The highest BCUT2D eigenvalue weighted by molar-refractivity contribution is 5.94. The number of nitrogens with zero attached hydrogens (tertiary/aromatic N) is 3. The van der Waals surface area contributed by atoms with Crippen molar-refractivity contribution in [1.29, 1.82) is 0 Å². The van der Waals surface area contributed by atoms with Crippen LogP contribution >= 0.6 is 0 Å². The van der Waals surface area contributed by atoms with Gasteiger partial charge in [-0.25, -0.2) is 4.98 Å². The van der Waals surface area contributed by atoms with Gasteiger partial charge in [0, 0.05) is 50.2 Å². The first-order valence-electron chi connectivity index (χ1n) is 11.4. The summed E-state index contributed by atoms with van der Waals surface area (Å²) in [5, 5.41) is 2.64. The summed E-state index contributed by atoms with van der Waals surface area (Å²) in [4.78, 5) is 32.5. The Bertz CT molecular complexity index is 968. The van der Waals surface area contributed by atoms with Crippen molar-refractivity contribution >= 4 is 29.0 Å². The summed E-state index contributed by atoms with van der Waals surface area (Å²) in [6.45, 7) is 0.699. The van der Waals surface area contributed by atoms with Crippen LogP contribution in [0, 0.1) is 0 Å². The third-order valence-electron chi connectivity index (χ3n) is 5.54. The predicted molar refractivity (Wildman–Crippen MR) is 133 cm³/mol. The van der Waals surface area contributed by atoms with E-state index in [-0.39, 0.29) is 11.8 Å². The molecule has 6 heteroatoms. The molecule has 0 unspecified atom stereocenters. The number of pyridine rings is 1. The number of carbonyl (C=O) groups is 2. The number of rotatable bonds is 11. The Labute approximate surface area is 196 Å². The Balaban J connectivity index is 1.61. The van der Waals surface area contributed by atoms with E-state index in [9.17, 15) is 9.59 Å². The van der Waals surface area contributed by atoms with Gasteiger partial charge in [-0.3, -0.25) is 14.5 Å². The number of para-hydroxylation sites is 1. The molecule has 0 saturated carbocycles. The number of benzene rings is 2. The minimum Gasteiger partial charge on any atom is -0.359 e. The highest BCUT2D eigenvalue weighted by atomic mass is 16.2. The van der Waals surface area contributed by atoms with Crippen molar-refractivity contribution in [3.8, 4) is 0 Å². The Kier molecular flexibility index (Phi) is 9.00. The fourth-order valence-corrected chi connectivity index (χ4v) is 3.66. The third-order valence-corrected chi connectivity index (χ3v) is 5.54. The maximum absolute atomic E-state index is 12.9. The van der Waals surface area contributed by atoms with Crippen LogP contribution in [0.25, 0.3) is 0 Å². The summed E-state index contributed by atoms with van der Waals surface area (Å²) >= 11 is 0. The minimum absolute atomic E-state index is 0.0102. The lowest BCUT2D eigenvalue weighted by Gasteiger charge is -2.24. The monoisotopic (exact) mass is 444 g/mol. The van der Waals surface area contributed by atoms with Gasteiger partial charge in [-0.1, -0.05) is 37.1 Å². The number of aromatic nitrogens is 1. The van der Waals surface area contributed by atoms with E-state index in [1.165, 1.54) is 0 Å². The zero-order valence-electron chi connectivity index (χ0n) is 19.4. The number of amides is 2. The number of hydrogen-bond donors (Lipinski definition) is 1. The lowest BCUT2D eigenvalue weighted by Crippen LogP contribution is -2.27. The molecule has 1 heterocycles. The molecular weight excluding hydrogens is 412 g/mol. The van der Waals surface area contributed by atoms with Gasteiger partial charge in [0.1, 0.15) is 5.82 Å². The number of carbonyl (C=O) groups excluding carboxylic acids is 2. The van der Waals surface area contributed by atoms with Gasteiger partial charge in [0.15, 0.2) is 0 Å². The zero-order valence-corrected chi connectivity index (χ0v) is 19.4.